The lowest BCUT2D eigenvalue weighted by molar-refractivity contribution is 0.265. The maximum absolute atomic E-state index is 5.46. The van der Waals surface area contributed by atoms with E-state index >= 15 is 0 Å². The second-order valence-electron chi connectivity index (χ2n) is 2.44. The van der Waals surface area contributed by atoms with Gasteiger partial charge in [0, 0.05) is 6.42 Å². The Labute approximate surface area is 88.2 Å². The summed E-state index contributed by atoms with van der Waals surface area (Å²) in [6.07, 6.45) is 0.924. The predicted molar refractivity (Wildman–Crippen MR) is 59.7 cm³/mol. The summed E-state index contributed by atoms with van der Waals surface area (Å²) < 4.78 is 10.6. The van der Waals surface area contributed by atoms with Crippen molar-refractivity contribution in [2.24, 2.45) is 0 Å². The third-order valence-electron chi connectivity index (χ3n) is 1.46. The minimum absolute atomic E-state index is 0.392. The Kier molecular flexibility index (Phi) is 6.17. The molecule has 0 N–H and O–H groups in total. The van der Waals surface area contributed by atoms with Crippen LogP contribution in [0.3, 0.4) is 0 Å². The van der Waals surface area contributed by atoms with Crippen LogP contribution < -0.4 is 4.74 Å². The molecule has 0 saturated heterocycles. The van der Waals surface area contributed by atoms with Gasteiger partial charge < -0.3 is 9.26 Å². The van der Waals surface area contributed by atoms with Gasteiger partial charge in [0.1, 0.15) is 5.75 Å². The van der Waals surface area contributed by atoms with Gasteiger partial charge in [-0.1, -0.05) is 18.2 Å². The van der Waals surface area contributed by atoms with Gasteiger partial charge in [-0.3, -0.25) is 0 Å². The normalized spacial score (nSPS) is 10.8. The van der Waals surface area contributed by atoms with E-state index in [2.05, 4.69) is 15.5 Å². The Morgan fingerprint density at radius 3 is 2.62 bits per heavy atom. The third kappa shape index (κ3) is 5.25. The Morgan fingerprint density at radius 2 is 1.92 bits per heavy atom. The third-order valence-corrected chi connectivity index (χ3v) is 2.46. The molecule has 1 unspecified atom stereocenters. The number of ether oxygens (including phenoxy) is 1. The molecule has 13 heavy (non-hydrogen) atoms. The number of hydrogen-bond donors (Lipinski definition) is 0. The van der Waals surface area contributed by atoms with Crippen molar-refractivity contribution in [3.05, 3.63) is 30.3 Å². The quantitative estimate of drug-likeness (QED) is 0.578. The SMILES string of the molecule is BrPOCCCOc1ccccc1. The molecule has 0 radical (unpaired) electrons. The lowest BCUT2D eigenvalue weighted by atomic mass is 10.3. The van der Waals surface area contributed by atoms with Gasteiger partial charge in [-0.15, -0.1) is 0 Å². The molecule has 0 aromatic heterocycles. The number of para-hydroxylation sites is 1. The molecule has 1 atom stereocenters. The summed E-state index contributed by atoms with van der Waals surface area (Å²) in [5.41, 5.74) is 0. The van der Waals surface area contributed by atoms with Crippen LogP contribution in [0, 0.1) is 0 Å². The second-order valence-corrected chi connectivity index (χ2v) is 3.85. The minimum atomic E-state index is 0.392. The van der Waals surface area contributed by atoms with Crippen molar-refractivity contribution < 1.29 is 9.26 Å². The van der Waals surface area contributed by atoms with Gasteiger partial charge >= 0.3 is 0 Å². The number of hydrogen-bond acceptors (Lipinski definition) is 2. The van der Waals surface area contributed by atoms with Gasteiger partial charge in [0.25, 0.3) is 0 Å². The van der Waals surface area contributed by atoms with Crippen LogP contribution >= 0.6 is 23.0 Å². The first-order valence-electron chi connectivity index (χ1n) is 4.09. The number of rotatable bonds is 6. The Bertz CT molecular complexity index is 218. The molecule has 0 bridgehead atoms. The second kappa shape index (κ2) is 7.31. The summed E-state index contributed by atoms with van der Waals surface area (Å²) in [5.74, 6) is 0.920. The fraction of sp³-hybridized carbons (Fsp3) is 0.333. The lowest BCUT2D eigenvalue weighted by Gasteiger charge is -2.04. The summed E-state index contributed by atoms with van der Waals surface area (Å²) in [6, 6.07) is 9.81. The highest BCUT2D eigenvalue weighted by molar-refractivity contribution is 9.36. The molecule has 1 aromatic carbocycles. The monoisotopic (exact) mass is 262 g/mol. The molecular weight excluding hydrogens is 251 g/mol. The Hall–Kier alpha value is -0.110. The molecule has 0 amide bonds. The summed E-state index contributed by atoms with van der Waals surface area (Å²) in [5, 5.41) is 0. The van der Waals surface area contributed by atoms with Crippen molar-refractivity contribution in [2.45, 2.75) is 6.42 Å². The van der Waals surface area contributed by atoms with Gasteiger partial charge in [-0.25, -0.2) is 0 Å². The minimum Gasteiger partial charge on any atom is -0.494 e. The highest BCUT2D eigenvalue weighted by Gasteiger charge is 1.91. The van der Waals surface area contributed by atoms with E-state index in [1.54, 1.807) is 0 Å². The maximum atomic E-state index is 5.46. The highest BCUT2D eigenvalue weighted by Crippen LogP contribution is 2.20. The lowest BCUT2D eigenvalue weighted by Crippen LogP contribution is -1.99. The topological polar surface area (TPSA) is 18.5 Å². The van der Waals surface area contributed by atoms with Crippen molar-refractivity contribution in [3.8, 4) is 5.75 Å². The first-order chi connectivity index (χ1) is 6.43. The van der Waals surface area contributed by atoms with Crippen LogP contribution in [0.5, 0.6) is 5.75 Å². The zero-order chi connectivity index (χ0) is 9.36. The fourth-order valence-electron chi connectivity index (χ4n) is 0.876. The summed E-state index contributed by atoms with van der Waals surface area (Å²) in [6.45, 7) is 1.46. The molecule has 4 heteroatoms. The first-order valence-corrected chi connectivity index (χ1v) is 7.25. The van der Waals surface area contributed by atoms with E-state index in [0.717, 1.165) is 18.8 Å². The smallest absolute Gasteiger partial charge is 0.119 e. The van der Waals surface area contributed by atoms with E-state index in [1.807, 2.05) is 30.3 Å². The largest absolute Gasteiger partial charge is 0.494 e. The van der Waals surface area contributed by atoms with Crippen LogP contribution in [-0.2, 0) is 4.52 Å². The Morgan fingerprint density at radius 1 is 1.15 bits per heavy atom. The van der Waals surface area contributed by atoms with Crippen LogP contribution in [0.25, 0.3) is 0 Å². The van der Waals surface area contributed by atoms with E-state index in [-0.39, 0.29) is 0 Å². The summed E-state index contributed by atoms with van der Waals surface area (Å²) >= 11 is 3.21. The standard InChI is InChI=1S/C9H12BrO2P/c10-13-12-8-4-7-11-9-5-2-1-3-6-9/h1-3,5-6,13H,4,7-8H2. The Balaban J connectivity index is 2.07. The van der Waals surface area contributed by atoms with Gasteiger partial charge in [-0.2, -0.15) is 0 Å². The fourth-order valence-corrected chi connectivity index (χ4v) is 1.58. The van der Waals surface area contributed by atoms with Gasteiger partial charge in [-0.05, 0) is 27.6 Å². The van der Waals surface area contributed by atoms with Gasteiger partial charge in [0.05, 0.1) is 20.7 Å². The van der Waals surface area contributed by atoms with E-state index < -0.39 is 0 Å². The highest BCUT2D eigenvalue weighted by atomic mass is 79.9. The summed E-state index contributed by atoms with van der Waals surface area (Å²) in [7, 11) is 0.392. The van der Waals surface area contributed by atoms with Crippen molar-refractivity contribution in [1.82, 2.24) is 0 Å². The molecule has 0 aliphatic rings. The van der Waals surface area contributed by atoms with Crippen LogP contribution in [0.4, 0.5) is 0 Å². The molecule has 0 fully saturated rings. The zero-order valence-electron chi connectivity index (χ0n) is 7.20. The van der Waals surface area contributed by atoms with Crippen LogP contribution in [0.1, 0.15) is 6.42 Å². The van der Waals surface area contributed by atoms with Gasteiger partial charge in [0.2, 0.25) is 0 Å². The van der Waals surface area contributed by atoms with Crippen LogP contribution in [0.2, 0.25) is 0 Å². The first kappa shape index (κ1) is 11.0. The zero-order valence-corrected chi connectivity index (χ0v) is 9.79. The molecule has 72 valence electrons. The molecule has 2 nitrogen and oxygen atoms in total. The number of benzene rings is 1. The van der Waals surface area contributed by atoms with Crippen LogP contribution in [-0.4, -0.2) is 13.2 Å². The van der Waals surface area contributed by atoms with Gasteiger partial charge in [0.15, 0.2) is 0 Å². The van der Waals surface area contributed by atoms with E-state index in [0.29, 0.717) is 14.1 Å². The van der Waals surface area contributed by atoms with Crippen molar-refractivity contribution in [2.75, 3.05) is 13.2 Å². The van der Waals surface area contributed by atoms with E-state index in [1.165, 1.54) is 0 Å². The number of halogens is 1. The average molecular weight is 263 g/mol. The maximum Gasteiger partial charge on any atom is 0.119 e. The predicted octanol–water partition coefficient (Wildman–Crippen LogP) is 3.38. The molecule has 0 heterocycles. The molecule has 1 aromatic rings. The van der Waals surface area contributed by atoms with Crippen molar-refractivity contribution in [1.29, 1.82) is 0 Å². The molecule has 0 spiro atoms. The molecular formula is C9H12BrO2P. The van der Waals surface area contributed by atoms with E-state index in [4.69, 9.17) is 9.26 Å². The molecule has 0 aliphatic carbocycles. The summed E-state index contributed by atoms with van der Waals surface area (Å²) in [4.78, 5) is 0. The molecule has 0 aliphatic heterocycles. The molecule has 0 saturated carbocycles. The van der Waals surface area contributed by atoms with Crippen molar-refractivity contribution >= 4 is 23.0 Å². The van der Waals surface area contributed by atoms with Crippen LogP contribution in [0.15, 0.2) is 30.3 Å². The molecule has 1 rings (SSSR count). The van der Waals surface area contributed by atoms with E-state index in [9.17, 15) is 0 Å². The van der Waals surface area contributed by atoms with Crippen molar-refractivity contribution in [3.63, 3.8) is 0 Å². The average Bonchev–Trinajstić information content (AvgIpc) is 2.19.